The predicted molar refractivity (Wildman–Crippen MR) is 43.8 cm³/mol. The van der Waals surface area contributed by atoms with E-state index in [2.05, 4.69) is 15.1 Å². The molecule has 0 heterocycles. The quantitative estimate of drug-likeness (QED) is 0.281. The zero-order chi connectivity index (χ0) is 8.91. The fourth-order valence-electron chi connectivity index (χ4n) is 0.401. The van der Waals surface area contributed by atoms with Crippen molar-refractivity contribution in [1.29, 1.82) is 0 Å². The smallest absolute Gasteiger partial charge is 1.00 e. The van der Waals surface area contributed by atoms with E-state index in [1.807, 2.05) is 20.8 Å². The molecule has 4 nitrogen and oxygen atoms in total. The van der Waals surface area contributed by atoms with Crippen molar-refractivity contribution in [3.8, 4) is 0 Å². The molecule has 0 amide bonds. The Hall–Kier alpha value is 1.16. The van der Waals surface area contributed by atoms with E-state index in [1.54, 1.807) is 6.92 Å². The van der Waals surface area contributed by atoms with Crippen LogP contribution in [0.4, 0.5) is 0 Å². The zero-order valence-electron chi connectivity index (χ0n) is 9.53. The Labute approximate surface area is 118 Å². The molecule has 68 valence electrons. The minimum Gasteiger partial charge on any atom is -1.00 e. The van der Waals surface area contributed by atoms with E-state index in [4.69, 9.17) is 5.26 Å². The normalized spacial score (nSPS) is 14.4. The van der Waals surface area contributed by atoms with Crippen molar-refractivity contribution < 1.29 is 63.0 Å². The second-order valence-electron chi connectivity index (χ2n) is 3.51. The fraction of sp³-hybridized carbons (Fsp3) is 1.00. The topological polar surface area (TPSA) is 54.2 Å². The molecule has 0 aliphatic carbocycles. The van der Waals surface area contributed by atoms with Gasteiger partial charge in [-0.2, -0.15) is 10.2 Å². The van der Waals surface area contributed by atoms with Gasteiger partial charge >= 0.3 is 51.4 Å². The van der Waals surface area contributed by atoms with Gasteiger partial charge in [0.05, 0.1) is 12.1 Å². The van der Waals surface area contributed by atoms with E-state index in [-0.39, 0.29) is 64.5 Å². The molecule has 1 atom stereocenters. The molecular weight excluding hydrogens is 183 g/mol. The van der Waals surface area contributed by atoms with Crippen LogP contribution in [-0.2, 0) is 4.89 Å². The van der Waals surface area contributed by atoms with Crippen LogP contribution in [0.5, 0.6) is 0 Å². The number of hydrogen-bond donors (Lipinski definition) is 1. The Morgan fingerprint density at radius 3 is 2.33 bits per heavy atom. The summed E-state index contributed by atoms with van der Waals surface area (Å²) in [6.07, 6.45) is -0.277. The first kappa shape index (κ1) is 15.6. The van der Waals surface area contributed by atoms with Gasteiger partial charge in [0, 0.05) is 0 Å². The second-order valence-corrected chi connectivity index (χ2v) is 3.51. The number of azo groups is 1. The maximum atomic E-state index is 8.16. The van der Waals surface area contributed by atoms with Gasteiger partial charge in [0.15, 0.2) is 0 Å². The molecular formula is C7H17KN2O2. The van der Waals surface area contributed by atoms with E-state index in [1.165, 1.54) is 0 Å². The molecule has 1 unspecified atom stereocenters. The molecule has 1 N–H and O–H groups in total. The van der Waals surface area contributed by atoms with Crippen LogP contribution in [0, 0.1) is 0 Å². The summed E-state index contributed by atoms with van der Waals surface area (Å²) in [5.74, 6) is 0. The van der Waals surface area contributed by atoms with E-state index in [0.29, 0.717) is 6.54 Å². The van der Waals surface area contributed by atoms with Crippen molar-refractivity contribution >= 4 is 0 Å². The molecule has 0 fully saturated rings. The van der Waals surface area contributed by atoms with Crippen molar-refractivity contribution in [3.63, 3.8) is 0 Å². The molecule has 0 aromatic carbocycles. The Morgan fingerprint density at radius 1 is 1.50 bits per heavy atom. The van der Waals surface area contributed by atoms with Gasteiger partial charge in [0.2, 0.25) is 0 Å². The minimum atomic E-state index is -0.277. The Balaban J connectivity index is -0.000000500. The number of rotatable bonds is 3. The van der Waals surface area contributed by atoms with Crippen molar-refractivity contribution in [2.45, 2.75) is 39.3 Å². The third-order valence-electron chi connectivity index (χ3n) is 0.889. The molecule has 0 aliphatic rings. The average Bonchev–Trinajstić information content (AvgIpc) is 1.85. The van der Waals surface area contributed by atoms with Crippen molar-refractivity contribution in [2.24, 2.45) is 10.2 Å². The first-order valence-corrected chi connectivity index (χ1v) is 3.64. The Morgan fingerprint density at radius 2 is 2.00 bits per heavy atom. The molecule has 0 spiro atoms. The summed E-state index contributed by atoms with van der Waals surface area (Å²) in [6, 6.07) is 0. The first-order valence-electron chi connectivity index (χ1n) is 3.64. The van der Waals surface area contributed by atoms with E-state index >= 15 is 0 Å². The molecule has 0 rings (SSSR count). The van der Waals surface area contributed by atoms with Gasteiger partial charge in [-0.05, 0) is 27.7 Å². The van der Waals surface area contributed by atoms with Gasteiger partial charge in [-0.1, -0.05) is 0 Å². The third kappa shape index (κ3) is 11.2. The van der Waals surface area contributed by atoms with Gasteiger partial charge in [0.1, 0.15) is 6.10 Å². The SMILES string of the molecule is CC(CN=NC(C)(C)C)OO.[H-].[K+]. The van der Waals surface area contributed by atoms with E-state index in [9.17, 15) is 0 Å². The summed E-state index contributed by atoms with van der Waals surface area (Å²) in [6.45, 7) is 8.00. The summed E-state index contributed by atoms with van der Waals surface area (Å²) < 4.78 is 0. The van der Waals surface area contributed by atoms with Gasteiger partial charge in [-0.25, -0.2) is 4.89 Å². The van der Waals surface area contributed by atoms with Crippen molar-refractivity contribution in [2.75, 3.05) is 6.54 Å². The maximum absolute atomic E-state index is 8.16. The minimum absolute atomic E-state index is 0. The Kier molecular flexibility index (Phi) is 9.83. The van der Waals surface area contributed by atoms with E-state index in [0.717, 1.165) is 0 Å². The van der Waals surface area contributed by atoms with Gasteiger partial charge < -0.3 is 1.43 Å². The zero-order valence-corrected chi connectivity index (χ0v) is 11.7. The van der Waals surface area contributed by atoms with Crippen LogP contribution in [0.2, 0.25) is 0 Å². The molecule has 12 heavy (non-hydrogen) atoms. The van der Waals surface area contributed by atoms with Gasteiger partial charge in [-0.3, -0.25) is 5.26 Å². The molecule has 5 heteroatoms. The number of hydrogen-bond acceptors (Lipinski definition) is 4. The molecule has 0 bridgehead atoms. The van der Waals surface area contributed by atoms with Crippen LogP contribution in [0.25, 0.3) is 0 Å². The second kappa shape index (κ2) is 7.55. The molecule has 0 aliphatic heterocycles. The van der Waals surface area contributed by atoms with Crippen molar-refractivity contribution in [1.82, 2.24) is 0 Å². The van der Waals surface area contributed by atoms with Crippen LogP contribution in [-0.4, -0.2) is 23.4 Å². The van der Waals surface area contributed by atoms with E-state index < -0.39 is 0 Å². The van der Waals surface area contributed by atoms with Crippen LogP contribution in [0.3, 0.4) is 0 Å². The monoisotopic (exact) mass is 200 g/mol. The van der Waals surface area contributed by atoms with Crippen molar-refractivity contribution in [3.05, 3.63) is 0 Å². The summed E-state index contributed by atoms with van der Waals surface area (Å²) in [5.41, 5.74) is -0.144. The summed E-state index contributed by atoms with van der Waals surface area (Å²) in [5, 5.41) is 16.0. The summed E-state index contributed by atoms with van der Waals surface area (Å²) >= 11 is 0. The molecule has 0 radical (unpaired) electrons. The largest absolute Gasteiger partial charge is 1.00 e. The predicted octanol–water partition coefficient (Wildman–Crippen LogP) is -0.768. The fourth-order valence-corrected chi connectivity index (χ4v) is 0.401. The average molecular weight is 200 g/mol. The first-order chi connectivity index (χ1) is 4.95. The van der Waals surface area contributed by atoms with Crippen LogP contribution >= 0.6 is 0 Å². The van der Waals surface area contributed by atoms with Crippen LogP contribution in [0.1, 0.15) is 29.1 Å². The molecule has 0 aromatic rings. The third-order valence-corrected chi connectivity index (χ3v) is 0.889. The maximum Gasteiger partial charge on any atom is 1.00 e. The molecule has 0 aromatic heterocycles. The van der Waals surface area contributed by atoms with Gasteiger partial charge in [-0.15, -0.1) is 0 Å². The number of nitrogens with zero attached hydrogens (tertiary/aromatic N) is 2. The standard InChI is InChI=1S/C7H16N2O2.K.H/c1-6(11-10)5-8-9-7(2,3)4;;/h6,10H,5H2,1-4H3;;/q;+1;-1. The Bertz CT molecular complexity index is 139. The summed E-state index contributed by atoms with van der Waals surface area (Å²) in [7, 11) is 0. The van der Waals surface area contributed by atoms with Gasteiger partial charge in [0.25, 0.3) is 0 Å². The summed E-state index contributed by atoms with van der Waals surface area (Å²) in [4.78, 5) is 4.01. The van der Waals surface area contributed by atoms with Crippen LogP contribution in [0.15, 0.2) is 10.2 Å². The molecule has 0 saturated carbocycles. The molecule has 0 saturated heterocycles. The van der Waals surface area contributed by atoms with Crippen LogP contribution < -0.4 is 51.4 Å².